The van der Waals surface area contributed by atoms with Crippen LogP contribution >= 0.6 is 11.3 Å². The molecule has 0 spiro atoms. The second-order valence-corrected chi connectivity index (χ2v) is 7.82. The smallest absolute Gasteiger partial charge is 0.340 e. The average molecular weight is 427 g/mol. The highest BCUT2D eigenvalue weighted by molar-refractivity contribution is 7.09. The lowest BCUT2D eigenvalue weighted by atomic mass is 10.2. The molecule has 1 atom stereocenters. The molecule has 0 saturated heterocycles. The van der Waals surface area contributed by atoms with Crippen molar-refractivity contribution >= 4 is 34.6 Å². The number of ether oxygens (including phenoxy) is 1. The predicted molar refractivity (Wildman–Crippen MR) is 114 cm³/mol. The van der Waals surface area contributed by atoms with Gasteiger partial charge in [0.15, 0.2) is 6.10 Å². The minimum absolute atomic E-state index is 0.0784. The molecule has 8 nitrogen and oxygen atoms in total. The van der Waals surface area contributed by atoms with Gasteiger partial charge in [0.05, 0.1) is 17.0 Å². The third-order valence-electron chi connectivity index (χ3n) is 4.69. The quantitative estimate of drug-likeness (QED) is 0.344. The molecule has 2 aromatic heterocycles. The molecule has 0 unspecified atom stereocenters. The summed E-state index contributed by atoms with van der Waals surface area (Å²) in [4.78, 5) is 36.3. The number of hydrogen-bond donors (Lipinski definition) is 1. The molecule has 0 aliphatic rings. The van der Waals surface area contributed by atoms with E-state index in [1.165, 1.54) is 36.1 Å². The maximum absolute atomic E-state index is 12.6. The van der Waals surface area contributed by atoms with E-state index in [1.807, 2.05) is 35.9 Å². The van der Waals surface area contributed by atoms with E-state index in [9.17, 15) is 19.7 Å². The van der Waals surface area contributed by atoms with Crippen LogP contribution in [-0.2, 0) is 16.1 Å². The van der Waals surface area contributed by atoms with Gasteiger partial charge in [-0.15, -0.1) is 11.3 Å². The third-order valence-corrected chi connectivity index (χ3v) is 5.55. The van der Waals surface area contributed by atoms with Gasteiger partial charge < -0.3 is 14.6 Å². The van der Waals surface area contributed by atoms with Gasteiger partial charge in [-0.05, 0) is 50.4 Å². The number of nitro groups is 1. The van der Waals surface area contributed by atoms with Crippen LogP contribution in [0.2, 0.25) is 0 Å². The van der Waals surface area contributed by atoms with Crippen molar-refractivity contribution in [2.24, 2.45) is 0 Å². The van der Waals surface area contributed by atoms with Crippen molar-refractivity contribution in [1.29, 1.82) is 0 Å². The third kappa shape index (κ3) is 4.74. The number of nitrogens with one attached hydrogen (secondary N) is 1. The van der Waals surface area contributed by atoms with E-state index in [1.54, 1.807) is 17.4 Å². The van der Waals surface area contributed by atoms with E-state index in [-0.39, 0.29) is 5.69 Å². The lowest BCUT2D eigenvalue weighted by Crippen LogP contribution is -2.30. The van der Waals surface area contributed by atoms with Crippen LogP contribution in [0.25, 0.3) is 0 Å². The van der Waals surface area contributed by atoms with Gasteiger partial charge in [-0.2, -0.15) is 0 Å². The number of carbonyl (C=O) groups is 2. The van der Waals surface area contributed by atoms with Crippen molar-refractivity contribution < 1.29 is 19.2 Å². The first-order valence-electron chi connectivity index (χ1n) is 9.21. The monoisotopic (exact) mass is 427 g/mol. The number of aromatic nitrogens is 1. The van der Waals surface area contributed by atoms with E-state index in [0.29, 0.717) is 17.8 Å². The van der Waals surface area contributed by atoms with E-state index in [0.717, 1.165) is 11.4 Å². The molecule has 0 fully saturated rings. The second kappa shape index (κ2) is 8.91. The van der Waals surface area contributed by atoms with Gasteiger partial charge in [0.2, 0.25) is 0 Å². The van der Waals surface area contributed by atoms with Crippen LogP contribution < -0.4 is 5.32 Å². The van der Waals surface area contributed by atoms with Crippen LogP contribution in [-0.4, -0.2) is 27.5 Å². The van der Waals surface area contributed by atoms with Gasteiger partial charge in [-0.3, -0.25) is 14.9 Å². The number of amides is 1. The first-order chi connectivity index (χ1) is 14.3. The number of benzene rings is 1. The fourth-order valence-corrected chi connectivity index (χ4v) is 3.69. The number of nitro benzene ring substituents is 1. The number of esters is 1. The molecule has 1 amide bonds. The standard InChI is InChI=1S/C21H21N3O5S/c1-13-11-19(14(2)23(13)12-18-5-4-10-30-18)21(26)29-15(3)20(25)22-16-6-8-17(9-7-16)24(27)28/h4-11,15H,12H2,1-3H3,(H,22,25)/t15-/m0/s1. The Hall–Kier alpha value is -3.46. The van der Waals surface area contributed by atoms with Crippen molar-refractivity contribution in [3.8, 4) is 0 Å². The van der Waals surface area contributed by atoms with Crippen LogP contribution in [0.15, 0.2) is 47.8 Å². The number of nitrogens with zero attached hydrogens (tertiary/aromatic N) is 2. The van der Waals surface area contributed by atoms with Crippen LogP contribution in [0.1, 0.15) is 33.5 Å². The first-order valence-corrected chi connectivity index (χ1v) is 10.1. The summed E-state index contributed by atoms with van der Waals surface area (Å²) in [6.07, 6.45) is -1.03. The molecule has 3 rings (SSSR count). The fourth-order valence-electron chi connectivity index (χ4n) is 3.00. The molecular weight excluding hydrogens is 406 g/mol. The van der Waals surface area contributed by atoms with Gasteiger partial charge in [0, 0.05) is 34.1 Å². The maximum Gasteiger partial charge on any atom is 0.340 e. The predicted octanol–water partition coefficient (Wildman–Crippen LogP) is 4.31. The van der Waals surface area contributed by atoms with Gasteiger partial charge in [0.1, 0.15) is 0 Å². The maximum atomic E-state index is 12.6. The Balaban J connectivity index is 1.65. The summed E-state index contributed by atoms with van der Waals surface area (Å²) >= 11 is 1.64. The SMILES string of the molecule is Cc1cc(C(=O)O[C@@H](C)C(=O)Nc2ccc([N+](=O)[O-])cc2)c(C)n1Cc1cccs1. The van der Waals surface area contributed by atoms with E-state index >= 15 is 0 Å². The molecule has 0 saturated carbocycles. The molecule has 1 aromatic carbocycles. The van der Waals surface area contributed by atoms with Crippen LogP contribution in [0.4, 0.5) is 11.4 Å². The lowest BCUT2D eigenvalue weighted by Gasteiger charge is -2.14. The fraction of sp³-hybridized carbons (Fsp3) is 0.238. The summed E-state index contributed by atoms with van der Waals surface area (Å²) < 4.78 is 7.38. The molecule has 156 valence electrons. The Bertz CT molecular complexity index is 1070. The van der Waals surface area contributed by atoms with Crippen LogP contribution in [0.3, 0.4) is 0 Å². The number of aryl methyl sites for hydroxylation is 1. The Morgan fingerprint density at radius 1 is 1.23 bits per heavy atom. The number of anilines is 1. The Morgan fingerprint density at radius 2 is 1.93 bits per heavy atom. The second-order valence-electron chi connectivity index (χ2n) is 6.79. The molecule has 0 bridgehead atoms. The van der Waals surface area contributed by atoms with Gasteiger partial charge in [0.25, 0.3) is 11.6 Å². The number of rotatable bonds is 7. The number of thiophene rings is 1. The van der Waals surface area contributed by atoms with Crippen molar-refractivity contribution in [2.45, 2.75) is 33.4 Å². The summed E-state index contributed by atoms with van der Waals surface area (Å²) in [5, 5.41) is 15.3. The minimum Gasteiger partial charge on any atom is -0.449 e. The number of carbonyl (C=O) groups excluding carboxylic acids is 2. The summed E-state index contributed by atoms with van der Waals surface area (Å²) in [7, 11) is 0. The van der Waals surface area contributed by atoms with Crippen LogP contribution in [0, 0.1) is 24.0 Å². The van der Waals surface area contributed by atoms with Crippen molar-refractivity contribution in [1.82, 2.24) is 4.57 Å². The number of hydrogen-bond acceptors (Lipinski definition) is 6. The molecule has 30 heavy (non-hydrogen) atoms. The van der Waals surface area contributed by atoms with E-state index < -0.39 is 22.9 Å². The topological polar surface area (TPSA) is 103 Å². The molecule has 2 heterocycles. The average Bonchev–Trinajstić information content (AvgIpc) is 3.32. The van der Waals surface area contributed by atoms with E-state index in [4.69, 9.17) is 4.74 Å². The number of non-ortho nitro benzene ring substituents is 1. The highest BCUT2D eigenvalue weighted by Gasteiger charge is 2.23. The van der Waals surface area contributed by atoms with Gasteiger partial charge >= 0.3 is 5.97 Å². The highest BCUT2D eigenvalue weighted by atomic mass is 32.1. The summed E-state index contributed by atoms with van der Waals surface area (Å²) in [6, 6.07) is 11.2. The zero-order valence-electron chi connectivity index (χ0n) is 16.7. The highest BCUT2D eigenvalue weighted by Crippen LogP contribution is 2.21. The van der Waals surface area contributed by atoms with Crippen LogP contribution in [0.5, 0.6) is 0 Å². The molecular formula is C21H21N3O5S. The van der Waals surface area contributed by atoms with Crippen molar-refractivity contribution in [3.05, 3.63) is 79.8 Å². The Kier molecular flexibility index (Phi) is 6.31. The van der Waals surface area contributed by atoms with Crippen molar-refractivity contribution in [2.75, 3.05) is 5.32 Å². The molecule has 0 aliphatic heterocycles. The molecule has 9 heteroatoms. The van der Waals surface area contributed by atoms with Gasteiger partial charge in [-0.1, -0.05) is 6.07 Å². The summed E-state index contributed by atoms with van der Waals surface area (Å²) in [6.45, 7) is 5.91. The zero-order chi connectivity index (χ0) is 21.8. The summed E-state index contributed by atoms with van der Waals surface area (Å²) in [5.74, 6) is -1.10. The lowest BCUT2D eigenvalue weighted by molar-refractivity contribution is -0.384. The largest absolute Gasteiger partial charge is 0.449 e. The van der Waals surface area contributed by atoms with Gasteiger partial charge in [-0.25, -0.2) is 4.79 Å². The Labute approximate surface area is 177 Å². The molecule has 1 N–H and O–H groups in total. The van der Waals surface area contributed by atoms with Crippen molar-refractivity contribution in [3.63, 3.8) is 0 Å². The first kappa shape index (κ1) is 21.3. The minimum atomic E-state index is -1.03. The molecule has 3 aromatic rings. The van der Waals surface area contributed by atoms with E-state index in [2.05, 4.69) is 5.32 Å². The molecule has 0 radical (unpaired) electrons. The zero-order valence-corrected chi connectivity index (χ0v) is 17.6. The normalized spacial score (nSPS) is 11.7. The summed E-state index contributed by atoms with van der Waals surface area (Å²) in [5.41, 5.74) is 2.41. The Morgan fingerprint density at radius 3 is 2.53 bits per heavy atom. The molecule has 0 aliphatic carbocycles.